The molecule has 1 unspecified atom stereocenters. The van der Waals surface area contributed by atoms with E-state index in [-0.39, 0.29) is 24.9 Å². The molecule has 3 atom stereocenters. The maximum Gasteiger partial charge on any atom is 0.326 e. The Morgan fingerprint density at radius 2 is 1.90 bits per heavy atom. The van der Waals surface area contributed by atoms with E-state index >= 15 is 0 Å². The third-order valence-electron chi connectivity index (χ3n) is 6.97. The number of hydrogen-bond acceptors (Lipinski definition) is 10. The lowest BCUT2D eigenvalue weighted by molar-refractivity contribution is -0.150. The first-order valence-corrected chi connectivity index (χ1v) is 16.4. The van der Waals surface area contributed by atoms with Gasteiger partial charge in [-0.15, -0.1) is 0 Å². The summed E-state index contributed by atoms with van der Waals surface area (Å²) in [5, 5.41) is 5.83. The largest absolute Gasteiger partial charge is 0.464 e. The third kappa shape index (κ3) is 9.73. The molecule has 1 saturated carbocycles. The molecule has 1 fully saturated rings. The van der Waals surface area contributed by atoms with Crippen LogP contribution in [0.1, 0.15) is 86.0 Å². The van der Waals surface area contributed by atoms with Gasteiger partial charge in [0.05, 0.1) is 25.6 Å². The van der Waals surface area contributed by atoms with E-state index in [4.69, 9.17) is 19.9 Å². The summed E-state index contributed by atoms with van der Waals surface area (Å²) in [6, 6.07) is -0.897. The van der Waals surface area contributed by atoms with Crippen molar-refractivity contribution in [2.75, 3.05) is 18.7 Å². The van der Waals surface area contributed by atoms with Crippen LogP contribution in [-0.4, -0.2) is 68.2 Å². The molecule has 4 N–H and O–H groups in total. The molecule has 13 nitrogen and oxygen atoms in total. The van der Waals surface area contributed by atoms with Crippen LogP contribution in [0.3, 0.4) is 0 Å². The second-order valence-corrected chi connectivity index (χ2v) is 13.5. The number of nitrogens with zero attached hydrogens (tertiary/aromatic N) is 4. The van der Waals surface area contributed by atoms with Crippen molar-refractivity contribution in [1.29, 1.82) is 0 Å². The minimum Gasteiger partial charge on any atom is -0.464 e. The van der Waals surface area contributed by atoms with Gasteiger partial charge in [0.25, 0.3) is 0 Å². The zero-order valence-electron chi connectivity index (χ0n) is 24.9. The number of unbranched alkanes of at least 4 members (excludes halogenated alkanes) is 3. The number of hydrogen-bond donors (Lipinski definition) is 3. The number of nitrogens with two attached hydrogens (primary N) is 1. The summed E-state index contributed by atoms with van der Waals surface area (Å²) in [7, 11) is -3.69. The molecule has 3 rings (SSSR count). The Bertz CT molecular complexity index is 1200. The van der Waals surface area contributed by atoms with Crippen LogP contribution in [0.15, 0.2) is 12.7 Å². The maximum absolute atomic E-state index is 14.2. The van der Waals surface area contributed by atoms with E-state index in [0.717, 1.165) is 51.4 Å². The average molecular weight is 596 g/mol. The Hall–Kier alpha value is -2.60. The van der Waals surface area contributed by atoms with E-state index in [1.54, 1.807) is 31.7 Å². The van der Waals surface area contributed by atoms with Gasteiger partial charge < -0.3 is 24.5 Å². The molecule has 0 saturated heterocycles. The second-order valence-electron chi connectivity index (χ2n) is 11.3. The zero-order valence-corrected chi connectivity index (χ0v) is 25.8. The molecule has 1 aliphatic rings. The summed E-state index contributed by atoms with van der Waals surface area (Å²) in [5.41, 5.74) is 5.61. The minimum absolute atomic E-state index is 0.127. The molecule has 2 aromatic heterocycles. The van der Waals surface area contributed by atoms with E-state index < -0.39 is 37.1 Å². The van der Waals surface area contributed by atoms with E-state index in [0.29, 0.717) is 17.7 Å². The van der Waals surface area contributed by atoms with Crippen molar-refractivity contribution in [3.63, 3.8) is 0 Å². The SMILES string of the molecule is CCCCCCOC(=O)C(C)(C)NP(=O)(CO[C@@H](C)Cn1cnc2c(N)ncnc21)N[C@H](C)C(=O)OC1CCCC1. The summed E-state index contributed by atoms with van der Waals surface area (Å²) in [6.07, 6.45) is 9.65. The van der Waals surface area contributed by atoms with E-state index in [1.807, 2.05) is 6.92 Å². The topological polar surface area (TPSA) is 173 Å². The highest BCUT2D eigenvalue weighted by Gasteiger charge is 2.39. The summed E-state index contributed by atoms with van der Waals surface area (Å²) in [4.78, 5) is 38.2. The van der Waals surface area contributed by atoms with Crippen LogP contribution >= 0.6 is 7.44 Å². The van der Waals surface area contributed by atoms with Crippen LogP contribution in [0.4, 0.5) is 5.82 Å². The molecule has 0 aliphatic heterocycles. The fourth-order valence-electron chi connectivity index (χ4n) is 4.71. The number of carbonyl (C=O) groups is 2. The van der Waals surface area contributed by atoms with Crippen molar-refractivity contribution in [3.05, 3.63) is 12.7 Å². The quantitative estimate of drug-likeness (QED) is 0.137. The Labute approximate surface area is 242 Å². The number of carbonyl (C=O) groups excluding carboxylic acids is 2. The van der Waals surface area contributed by atoms with Gasteiger partial charge >= 0.3 is 11.9 Å². The Morgan fingerprint density at radius 3 is 2.61 bits per heavy atom. The van der Waals surface area contributed by atoms with Crippen molar-refractivity contribution in [2.24, 2.45) is 0 Å². The summed E-state index contributed by atoms with van der Waals surface area (Å²) in [5.74, 6) is -0.754. The van der Waals surface area contributed by atoms with Gasteiger partial charge in [0.15, 0.2) is 11.5 Å². The molecule has 1 aliphatic carbocycles. The number of ether oxygens (including phenoxy) is 3. The first-order chi connectivity index (χ1) is 19.4. The van der Waals surface area contributed by atoms with Gasteiger partial charge in [0.2, 0.25) is 7.44 Å². The van der Waals surface area contributed by atoms with Gasteiger partial charge in [-0.3, -0.25) is 14.2 Å². The second kappa shape index (κ2) is 15.0. The smallest absolute Gasteiger partial charge is 0.326 e. The molecule has 41 heavy (non-hydrogen) atoms. The Balaban J connectivity index is 1.67. The highest BCUT2D eigenvalue weighted by Crippen LogP contribution is 2.40. The normalized spacial score (nSPS) is 17.3. The van der Waals surface area contributed by atoms with Crippen molar-refractivity contribution >= 4 is 36.4 Å². The standard InChI is InChI=1S/C27H46N7O6P/c1-6-7-8-11-14-38-26(36)27(4,5)33-41(37,32-20(3)25(35)40-21-12-9-10-13-21)18-39-19(2)15-34-17-31-22-23(28)29-16-30-24(22)34/h16-17,19-21H,6-15,18H2,1-5H3,(H2,28,29,30)(H2,32,33,37)/t19-,20+,41?/m0/s1. The molecule has 0 spiro atoms. The van der Waals surface area contributed by atoms with Crippen molar-refractivity contribution < 1.29 is 28.4 Å². The fourth-order valence-corrected chi connectivity index (χ4v) is 7.10. The summed E-state index contributed by atoms with van der Waals surface area (Å²) in [6.45, 7) is 9.34. The van der Waals surface area contributed by atoms with Crippen LogP contribution in [0.2, 0.25) is 0 Å². The first-order valence-electron chi connectivity index (χ1n) is 14.5. The van der Waals surface area contributed by atoms with Crippen LogP contribution in [-0.2, 0) is 34.9 Å². The lowest BCUT2D eigenvalue weighted by atomic mass is 10.1. The highest BCUT2D eigenvalue weighted by atomic mass is 31.2. The Kier molecular flexibility index (Phi) is 12.1. The van der Waals surface area contributed by atoms with Gasteiger partial charge in [0.1, 0.15) is 35.9 Å². The van der Waals surface area contributed by atoms with Gasteiger partial charge in [-0.2, -0.15) is 0 Å². The fraction of sp³-hybridized carbons (Fsp3) is 0.741. The molecule has 230 valence electrons. The number of nitrogens with one attached hydrogen (secondary N) is 2. The molecule has 0 amide bonds. The van der Waals surface area contributed by atoms with Gasteiger partial charge in [-0.1, -0.05) is 26.2 Å². The number of anilines is 1. The predicted octanol–water partition coefficient (Wildman–Crippen LogP) is 3.92. The number of aromatic nitrogens is 4. The molecular formula is C27H46N7O6P. The zero-order chi connectivity index (χ0) is 30.0. The predicted molar refractivity (Wildman–Crippen MR) is 156 cm³/mol. The number of fused-ring (bicyclic) bond motifs is 1. The van der Waals surface area contributed by atoms with Crippen molar-refractivity contribution in [1.82, 2.24) is 29.7 Å². The van der Waals surface area contributed by atoms with Gasteiger partial charge in [-0.05, 0) is 59.8 Å². The Morgan fingerprint density at radius 1 is 1.17 bits per heavy atom. The van der Waals surface area contributed by atoms with Crippen molar-refractivity contribution in [3.8, 4) is 0 Å². The highest BCUT2D eigenvalue weighted by molar-refractivity contribution is 7.59. The minimum atomic E-state index is -3.69. The van der Waals surface area contributed by atoms with Crippen LogP contribution in [0.5, 0.6) is 0 Å². The molecule has 2 aromatic rings. The maximum atomic E-state index is 14.2. The number of imidazole rings is 1. The summed E-state index contributed by atoms with van der Waals surface area (Å²) >= 11 is 0. The van der Waals surface area contributed by atoms with Gasteiger partial charge in [-0.25, -0.2) is 25.1 Å². The number of nitrogen functional groups attached to an aromatic ring is 1. The van der Waals surface area contributed by atoms with Crippen molar-refractivity contribution in [2.45, 2.75) is 116 Å². The van der Waals surface area contributed by atoms with Crippen LogP contribution in [0, 0.1) is 0 Å². The number of esters is 2. The lowest BCUT2D eigenvalue weighted by Crippen LogP contribution is -2.50. The molecule has 0 aromatic carbocycles. The molecule has 14 heteroatoms. The average Bonchev–Trinajstić information content (AvgIpc) is 3.58. The summed E-state index contributed by atoms with van der Waals surface area (Å²) < 4.78 is 33.1. The molecule has 2 heterocycles. The third-order valence-corrected chi connectivity index (χ3v) is 9.20. The van der Waals surface area contributed by atoms with Gasteiger partial charge in [0, 0.05) is 0 Å². The van der Waals surface area contributed by atoms with E-state index in [9.17, 15) is 14.2 Å². The lowest BCUT2D eigenvalue weighted by Gasteiger charge is -2.32. The molecule has 0 radical (unpaired) electrons. The molecule has 0 bridgehead atoms. The monoisotopic (exact) mass is 595 g/mol. The van der Waals surface area contributed by atoms with Crippen LogP contribution < -0.4 is 15.9 Å². The van der Waals surface area contributed by atoms with E-state index in [1.165, 1.54) is 6.33 Å². The number of rotatable bonds is 17. The van der Waals surface area contributed by atoms with E-state index in [2.05, 4.69) is 32.1 Å². The van der Waals surface area contributed by atoms with Crippen LogP contribution in [0.25, 0.3) is 11.2 Å². The first kappa shape index (κ1) is 32.9. The molecular weight excluding hydrogens is 549 g/mol.